The number of nitriles is 1. The van der Waals surface area contributed by atoms with E-state index < -0.39 is 5.82 Å². The summed E-state index contributed by atoms with van der Waals surface area (Å²) in [5.74, 6) is 0.0840. The number of nitrogens with zero attached hydrogens (tertiary/aromatic N) is 3. The Morgan fingerprint density at radius 2 is 2.03 bits per heavy atom. The summed E-state index contributed by atoms with van der Waals surface area (Å²) in [6.45, 7) is 4.14. The van der Waals surface area contributed by atoms with Crippen LogP contribution in [0.4, 0.5) is 9.18 Å². The number of aromatic nitrogens is 1. The van der Waals surface area contributed by atoms with E-state index in [1.165, 1.54) is 6.07 Å². The van der Waals surface area contributed by atoms with Gasteiger partial charge in [-0.05, 0) is 43.0 Å². The van der Waals surface area contributed by atoms with Crippen LogP contribution in [0.15, 0.2) is 30.3 Å². The SMILES string of the molecule is CCCCOC(=O)N1CCC(c2cc(COC)cc(OCc3ccc(C#N)cc3F)n2)CC1. The monoisotopic (exact) mass is 455 g/mol. The highest BCUT2D eigenvalue weighted by Crippen LogP contribution is 2.30. The van der Waals surface area contributed by atoms with Gasteiger partial charge in [0.05, 0.1) is 24.8 Å². The fourth-order valence-corrected chi connectivity index (χ4v) is 3.75. The second-order valence-electron chi connectivity index (χ2n) is 8.11. The molecule has 33 heavy (non-hydrogen) atoms. The maximum atomic E-state index is 14.2. The van der Waals surface area contributed by atoms with E-state index in [9.17, 15) is 9.18 Å². The molecule has 0 saturated carbocycles. The van der Waals surface area contributed by atoms with Gasteiger partial charge < -0.3 is 19.1 Å². The second kappa shape index (κ2) is 12.2. The highest BCUT2D eigenvalue weighted by molar-refractivity contribution is 5.67. The van der Waals surface area contributed by atoms with Crippen LogP contribution in [0.5, 0.6) is 5.88 Å². The Morgan fingerprint density at radius 1 is 1.24 bits per heavy atom. The zero-order valence-electron chi connectivity index (χ0n) is 19.2. The number of carbonyl (C=O) groups excluding carboxylic acids is 1. The Hall–Kier alpha value is -3.18. The molecule has 2 aromatic rings. The molecule has 0 N–H and O–H groups in total. The van der Waals surface area contributed by atoms with Gasteiger partial charge >= 0.3 is 6.09 Å². The Kier molecular flexibility index (Phi) is 9.02. The predicted molar refractivity (Wildman–Crippen MR) is 120 cm³/mol. The smallest absolute Gasteiger partial charge is 0.409 e. The van der Waals surface area contributed by atoms with Gasteiger partial charge in [-0.25, -0.2) is 14.2 Å². The number of hydrogen-bond acceptors (Lipinski definition) is 6. The number of ether oxygens (including phenoxy) is 3. The van der Waals surface area contributed by atoms with Crippen molar-refractivity contribution in [3.05, 3.63) is 58.5 Å². The van der Waals surface area contributed by atoms with E-state index in [-0.39, 0.29) is 24.2 Å². The molecule has 0 atom stereocenters. The van der Waals surface area contributed by atoms with E-state index >= 15 is 0 Å². The fourth-order valence-electron chi connectivity index (χ4n) is 3.75. The third-order valence-electron chi connectivity index (χ3n) is 5.65. The average molecular weight is 456 g/mol. The minimum Gasteiger partial charge on any atom is -0.473 e. The van der Waals surface area contributed by atoms with Crippen LogP contribution < -0.4 is 4.74 Å². The summed E-state index contributed by atoms with van der Waals surface area (Å²) in [5.41, 5.74) is 2.40. The molecule has 2 heterocycles. The van der Waals surface area contributed by atoms with Gasteiger partial charge in [-0.1, -0.05) is 19.4 Å². The Balaban J connectivity index is 1.65. The lowest BCUT2D eigenvalue weighted by molar-refractivity contribution is 0.0913. The summed E-state index contributed by atoms with van der Waals surface area (Å²) in [6.07, 6.45) is 3.15. The largest absolute Gasteiger partial charge is 0.473 e. The predicted octanol–water partition coefficient (Wildman–Crippen LogP) is 4.93. The number of unbranched alkanes of at least 4 members (excludes halogenated alkanes) is 1. The number of hydrogen-bond donors (Lipinski definition) is 0. The molecule has 0 spiro atoms. The molecule has 1 fully saturated rings. The van der Waals surface area contributed by atoms with Crippen LogP contribution in [-0.2, 0) is 22.7 Å². The quantitative estimate of drug-likeness (QED) is 0.498. The summed E-state index contributed by atoms with van der Waals surface area (Å²) in [6, 6.07) is 10.0. The van der Waals surface area contributed by atoms with Crippen LogP contribution in [0.25, 0.3) is 0 Å². The maximum absolute atomic E-state index is 14.2. The number of halogens is 1. The Bertz CT molecular complexity index is 984. The molecule has 1 aliphatic heterocycles. The van der Waals surface area contributed by atoms with Crippen molar-refractivity contribution in [3.8, 4) is 11.9 Å². The van der Waals surface area contributed by atoms with Crippen LogP contribution in [0, 0.1) is 17.1 Å². The van der Waals surface area contributed by atoms with Crippen molar-refractivity contribution in [2.45, 2.75) is 51.7 Å². The van der Waals surface area contributed by atoms with E-state index in [0.29, 0.717) is 37.7 Å². The van der Waals surface area contributed by atoms with Crippen molar-refractivity contribution < 1.29 is 23.4 Å². The summed E-state index contributed by atoms with van der Waals surface area (Å²) >= 11 is 0. The van der Waals surface area contributed by atoms with Crippen molar-refractivity contribution in [1.82, 2.24) is 9.88 Å². The third-order valence-corrected chi connectivity index (χ3v) is 5.65. The van der Waals surface area contributed by atoms with E-state index in [0.717, 1.165) is 36.9 Å². The molecule has 0 bridgehead atoms. The third kappa shape index (κ3) is 6.90. The molecule has 0 unspecified atom stereocenters. The zero-order valence-corrected chi connectivity index (χ0v) is 19.2. The van der Waals surface area contributed by atoms with Gasteiger partial charge in [0.15, 0.2) is 0 Å². The molecular weight excluding hydrogens is 425 g/mol. The van der Waals surface area contributed by atoms with E-state index in [1.54, 1.807) is 30.2 Å². The van der Waals surface area contributed by atoms with Gasteiger partial charge in [-0.2, -0.15) is 5.26 Å². The maximum Gasteiger partial charge on any atom is 0.409 e. The Morgan fingerprint density at radius 3 is 2.70 bits per heavy atom. The van der Waals surface area contributed by atoms with Crippen molar-refractivity contribution in [1.29, 1.82) is 5.26 Å². The van der Waals surface area contributed by atoms with Gasteiger partial charge in [0.25, 0.3) is 0 Å². The molecule has 0 aliphatic carbocycles. The first-order chi connectivity index (χ1) is 16.0. The molecule has 1 aliphatic rings. The van der Waals surface area contributed by atoms with E-state index in [4.69, 9.17) is 19.5 Å². The van der Waals surface area contributed by atoms with Crippen molar-refractivity contribution >= 4 is 6.09 Å². The lowest BCUT2D eigenvalue weighted by atomic mass is 9.92. The first-order valence-corrected chi connectivity index (χ1v) is 11.3. The van der Waals surface area contributed by atoms with E-state index in [2.05, 4.69) is 11.9 Å². The molecule has 0 radical (unpaired) electrons. The van der Waals surface area contributed by atoms with Crippen molar-refractivity contribution in [2.75, 3.05) is 26.8 Å². The molecule has 1 amide bonds. The summed E-state index contributed by atoms with van der Waals surface area (Å²) in [7, 11) is 1.62. The Labute approximate surface area is 194 Å². The number of piperidine rings is 1. The van der Waals surface area contributed by atoms with Crippen molar-refractivity contribution in [2.24, 2.45) is 0 Å². The van der Waals surface area contributed by atoms with Crippen LogP contribution in [-0.4, -0.2) is 42.8 Å². The number of likely N-dealkylation sites (tertiary alicyclic amines) is 1. The van der Waals surface area contributed by atoms with Crippen LogP contribution in [0.3, 0.4) is 0 Å². The number of carbonyl (C=O) groups is 1. The first kappa shape index (κ1) is 24.5. The van der Waals surface area contributed by atoms with Gasteiger partial charge in [0.1, 0.15) is 12.4 Å². The molecule has 1 saturated heterocycles. The number of rotatable bonds is 9. The summed E-state index contributed by atoms with van der Waals surface area (Å²) in [5, 5.41) is 8.89. The van der Waals surface area contributed by atoms with Crippen LogP contribution in [0.2, 0.25) is 0 Å². The number of methoxy groups -OCH3 is 1. The first-order valence-electron chi connectivity index (χ1n) is 11.3. The van der Waals surface area contributed by atoms with E-state index in [1.807, 2.05) is 12.1 Å². The molecule has 8 heteroatoms. The summed E-state index contributed by atoms with van der Waals surface area (Å²) in [4.78, 5) is 18.6. The van der Waals surface area contributed by atoms with Gasteiger partial charge in [0.2, 0.25) is 5.88 Å². The second-order valence-corrected chi connectivity index (χ2v) is 8.11. The van der Waals surface area contributed by atoms with Crippen LogP contribution >= 0.6 is 0 Å². The summed E-state index contributed by atoms with van der Waals surface area (Å²) < 4.78 is 30.6. The highest BCUT2D eigenvalue weighted by atomic mass is 19.1. The molecule has 7 nitrogen and oxygen atoms in total. The van der Waals surface area contributed by atoms with Gasteiger partial charge in [-0.15, -0.1) is 0 Å². The zero-order chi connectivity index (χ0) is 23.6. The molecule has 1 aromatic heterocycles. The molecule has 3 rings (SSSR count). The average Bonchev–Trinajstić information content (AvgIpc) is 2.83. The lowest BCUT2D eigenvalue weighted by Crippen LogP contribution is -2.38. The number of amides is 1. The molecular formula is C25H30FN3O4. The normalized spacial score (nSPS) is 14.1. The van der Waals surface area contributed by atoms with Gasteiger partial charge in [0, 0.05) is 43.4 Å². The minimum absolute atomic E-state index is 0.00244. The fraction of sp³-hybridized carbons (Fsp3) is 0.480. The topological polar surface area (TPSA) is 84.7 Å². The number of pyridine rings is 1. The molecule has 176 valence electrons. The molecule has 1 aromatic carbocycles. The lowest BCUT2D eigenvalue weighted by Gasteiger charge is -2.31. The van der Waals surface area contributed by atoms with Gasteiger partial charge in [-0.3, -0.25) is 0 Å². The van der Waals surface area contributed by atoms with Crippen molar-refractivity contribution in [3.63, 3.8) is 0 Å². The standard InChI is InChI=1S/C25H30FN3O4/c1-3-4-11-32-25(30)29-9-7-20(8-10-29)23-13-19(16-31-2)14-24(28-23)33-17-21-6-5-18(15-27)12-22(21)26/h5-6,12-14,20H,3-4,7-11,16-17H2,1-2H3. The highest BCUT2D eigenvalue weighted by Gasteiger charge is 2.26. The van der Waals surface area contributed by atoms with Crippen LogP contribution in [0.1, 0.15) is 60.9 Å². The number of benzene rings is 1. The minimum atomic E-state index is -0.486.